The Morgan fingerprint density at radius 3 is 2.62 bits per heavy atom. The molecule has 3 nitrogen and oxygen atoms in total. The third-order valence-corrected chi connectivity index (χ3v) is 3.50. The van der Waals surface area contributed by atoms with Crippen LogP contribution in [0.15, 0.2) is 48.7 Å². The summed E-state index contributed by atoms with van der Waals surface area (Å²) in [6, 6.07) is 14.6. The lowest BCUT2D eigenvalue weighted by molar-refractivity contribution is 0.312. The number of para-hydroxylation sites is 1. The second-order valence-electron chi connectivity index (χ2n) is 4.98. The van der Waals surface area contributed by atoms with Gasteiger partial charge in [-0.05, 0) is 31.2 Å². The zero-order valence-electron chi connectivity index (χ0n) is 12.9. The van der Waals surface area contributed by atoms with Crippen molar-refractivity contribution in [3.8, 4) is 5.75 Å². The van der Waals surface area contributed by atoms with Gasteiger partial charge in [-0.2, -0.15) is 0 Å². The molecule has 0 amide bonds. The normalized spacial score (nSPS) is 12.1. The third kappa shape index (κ3) is 4.57. The maximum atomic E-state index is 5.99. The number of pyridine rings is 1. The molecule has 2 rings (SSSR count). The van der Waals surface area contributed by atoms with E-state index in [0.717, 1.165) is 30.8 Å². The predicted molar refractivity (Wildman–Crippen MR) is 86.6 cm³/mol. The second-order valence-corrected chi connectivity index (χ2v) is 4.98. The van der Waals surface area contributed by atoms with E-state index in [4.69, 9.17) is 4.74 Å². The molecule has 0 aliphatic carbocycles. The maximum absolute atomic E-state index is 5.99. The lowest BCUT2D eigenvalue weighted by atomic mass is 10.0. The van der Waals surface area contributed by atoms with Crippen molar-refractivity contribution in [2.45, 2.75) is 32.7 Å². The maximum Gasteiger partial charge on any atom is 0.124 e. The van der Waals surface area contributed by atoms with E-state index in [-0.39, 0.29) is 0 Å². The number of ether oxygens (including phenoxy) is 1. The van der Waals surface area contributed by atoms with Crippen molar-refractivity contribution in [1.29, 1.82) is 0 Å². The Hall–Kier alpha value is -1.87. The van der Waals surface area contributed by atoms with Crippen LogP contribution in [0, 0.1) is 0 Å². The Labute approximate surface area is 127 Å². The molecule has 1 heterocycles. The molecule has 1 atom stereocenters. The summed E-state index contributed by atoms with van der Waals surface area (Å²) >= 11 is 0. The largest absolute Gasteiger partial charge is 0.493 e. The predicted octanol–water partition coefficient (Wildman–Crippen LogP) is 3.76. The number of nitrogens with zero attached hydrogens (tertiary/aromatic N) is 1. The zero-order chi connectivity index (χ0) is 14.9. The van der Waals surface area contributed by atoms with E-state index < -0.39 is 0 Å². The van der Waals surface area contributed by atoms with Gasteiger partial charge in [-0.3, -0.25) is 4.98 Å². The van der Waals surface area contributed by atoms with Crippen LogP contribution in [0.5, 0.6) is 5.75 Å². The van der Waals surface area contributed by atoms with Crippen molar-refractivity contribution in [2.75, 3.05) is 13.2 Å². The fourth-order valence-corrected chi connectivity index (χ4v) is 2.43. The molecule has 0 radical (unpaired) electrons. The quantitative estimate of drug-likeness (QED) is 0.801. The van der Waals surface area contributed by atoms with Crippen molar-refractivity contribution in [3.05, 3.63) is 59.9 Å². The molecule has 1 aromatic heterocycles. The van der Waals surface area contributed by atoms with E-state index in [1.807, 2.05) is 36.5 Å². The summed E-state index contributed by atoms with van der Waals surface area (Å²) in [4.78, 5) is 4.32. The number of hydrogen-bond donors (Lipinski definition) is 1. The lowest BCUT2D eigenvalue weighted by Gasteiger charge is -2.20. The van der Waals surface area contributed by atoms with Crippen molar-refractivity contribution >= 4 is 0 Å². The van der Waals surface area contributed by atoms with E-state index >= 15 is 0 Å². The molecule has 3 heteroatoms. The van der Waals surface area contributed by atoms with Gasteiger partial charge in [0.05, 0.1) is 6.61 Å². The summed E-state index contributed by atoms with van der Waals surface area (Å²) < 4.78 is 5.99. The summed E-state index contributed by atoms with van der Waals surface area (Å²) in [5.41, 5.74) is 2.30. The van der Waals surface area contributed by atoms with Gasteiger partial charge < -0.3 is 10.1 Å². The highest BCUT2D eigenvalue weighted by atomic mass is 16.5. The molecular weight excluding hydrogens is 260 g/mol. The molecule has 0 saturated carbocycles. The van der Waals surface area contributed by atoms with Gasteiger partial charge in [0.1, 0.15) is 5.75 Å². The highest BCUT2D eigenvalue weighted by Gasteiger charge is 2.12. The van der Waals surface area contributed by atoms with E-state index in [1.54, 1.807) is 0 Å². The molecule has 112 valence electrons. The van der Waals surface area contributed by atoms with Crippen molar-refractivity contribution in [2.24, 2.45) is 0 Å². The van der Waals surface area contributed by atoms with Crippen LogP contribution in [0.3, 0.4) is 0 Å². The van der Waals surface area contributed by atoms with Gasteiger partial charge in [0.25, 0.3) is 0 Å². The number of rotatable bonds is 8. The van der Waals surface area contributed by atoms with Gasteiger partial charge in [0.15, 0.2) is 0 Å². The number of benzene rings is 1. The zero-order valence-corrected chi connectivity index (χ0v) is 12.9. The topological polar surface area (TPSA) is 34.1 Å². The van der Waals surface area contributed by atoms with Crippen molar-refractivity contribution in [3.63, 3.8) is 0 Å². The van der Waals surface area contributed by atoms with Crippen LogP contribution in [-0.2, 0) is 6.42 Å². The first kappa shape index (κ1) is 15.5. The first-order chi connectivity index (χ1) is 10.3. The molecule has 21 heavy (non-hydrogen) atoms. The van der Waals surface area contributed by atoms with Crippen LogP contribution in [0.2, 0.25) is 0 Å². The van der Waals surface area contributed by atoms with Crippen LogP contribution in [0.1, 0.15) is 37.6 Å². The molecule has 0 bridgehead atoms. The Kier molecular flexibility index (Phi) is 6.22. The molecule has 2 aromatic rings. The van der Waals surface area contributed by atoms with E-state index in [2.05, 4.69) is 36.3 Å². The fraction of sp³-hybridized carbons (Fsp3) is 0.389. The second kappa shape index (κ2) is 8.42. The molecule has 0 saturated heterocycles. The summed E-state index contributed by atoms with van der Waals surface area (Å²) in [5.74, 6) is 0.973. The Morgan fingerprint density at radius 2 is 1.90 bits per heavy atom. The van der Waals surface area contributed by atoms with Crippen molar-refractivity contribution in [1.82, 2.24) is 10.3 Å². The summed E-state index contributed by atoms with van der Waals surface area (Å²) in [5, 5.41) is 3.50. The molecule has 0 spiro atoms. The van der Waals surface area contributed by atoms with Gasteiger partial charge in [0, 0.05) is 29.9 Å². The van der Waals surface area contributed by atoms with Crippen LogP contribution >= 0.6 is 0 Å². The van der Waals surface area contributed by atoms with Gasteiger partial charge >= 0.3 is 0 Å². The Bertz CT molecular complexity index is 528. The molecule has 0 aliphatic heterocycles. The molecule has 1 unspecified atom stereocenters. The lowest BCUT2D eigenvalue weighted by Crippen LogP contribution is -2.21. The van der Waals surface area contributed by atoms with E-state index in [9.17, 15) is 0 Å². The third-order valence-electron chi connectivity index (χ3n) is 3.50. The minimum Gasteiger partial charge on any atom is -0.493 e. The summed E-state index contributed by atoms with van der Waals surface area (Å²) in [6.07, 6.45) is 3.70. The van der Waals surface area contributed by atoms with Gasteiger partial charge in [-0.1, -0.05) is 38.1 Å². The summed E-state index contributed by atoms with van der Waals surface area (Å²) in [7, 11) is 0. The van der Waals surface area contributed by atoms with Gasteiger partial charge in [-0.15, -0.1) is 0 Å². The number of aromatic nitrogens is 1. The summed E-state index contributed by atoms with van der Waals surface area (Å²) in [6.45, 7) is 5.93. The molecule has 1 N–H and O–H groups in total. The fourth-order valence-electron chi connectivity index (χ4n) is 2.43. The minimum absolute atomic E-state index is 0.348. The van der Waals surface area contributed by atoms with E-state index in [0.29, 0.717) is 12.6 Å². The Morgan fingerprint density at radius 1 is 1.10 bits per heavy atom. The monoisotopic (exact) mass is 284 g/mol. The average molecular weight is 284 g/mol. The van der Waals surface area contributed by atoms with Crippen molar-refractivity contribution < 1.29 is 4.74 Å². The first-order valence-corrected chi connectivity index (χ1v) is 7.70. The van der Waals surface area contributed by atoms with Gasteiger partial charge in [0.2, 0.25) is 0 Å². The molecule has 1 aromatic carbocycles. The number of hydrogen-bond acceptors (Lipinski definition) is 3. The smallest absolute Gasteiger partial charge is 0.124 e. The van der Waals surface area contributed by atoms with Crippen LogP contribution < -0.4 is 10.1 Å². The van der Waals surface area contributed by atoms with Crippen LogP contribution in [0.25, 0.3) is 0 Å². The molecule has 0 fully saturated rings. The van der Waals surface area contributed by atoms with Crippen LogP contribution in [-0.4, -0.2) is 18.1 Å². The minimum atomic E-state index is 0.348. The van der Waals surface area contributed by atoms with Crippen LogP contribution in [0.4, 0.5) is 0 Å². The van der Waals surface area contributed by atoms with E-state index in [1.165, 1.54) is 5.56 Å². The standard InChI is InChI=1S/C18H24N2O/c1-3-17(19-4-2)16-10-5-6-11-18(16)21-14-12-15-9-7-8-13-20-15/h5-11,13,17,19H,3-4,12,14H2,1-2H3. The SMILES string of the molecule is CCNC(CC)c1ccccc1OCCc1ccccn1. The Balaban J connectivity index is 1.99. The van der Waals surface area contributed by atoms with Gasteiger partial charge in [-0.25, -0.2) is 0 Å². The number of nitrogens with one attached hydrogen (secondary N) is 1. The average Bonchev–Trinajstić information content (AvgIpc) is 2.54. The molecule has 0 aliphatic rings. The first-order valence-electron chi connectivity index (χ1n) is 7.70. The molecular formula is C18H24N2O. The highest BCUT2D eigenvalue weighted by molar-refractivity contribution is 5.36. The highest BCUT2D eigenvalue weighted by Crippen LogP contribution is 2.27.